The van der Waals surface area contributed by atoms with E-state index in [1.165, 1.54) is 12.8 Å². The molecule has 0 saturated heterocycles. The van der Waals surface area contributed by atoms with Gasteiger partial charge in [-0.25, -0.2) is 4.98 Å². The van der Waals surface area contributed by atoms with Crippen molar-refractivity contribution in [1.82, 2.24) is 4.98 Å². The van der Waals surface area contributed by atoms with Crippen LogP contribution < -0.4 is 4.90 Å². The first-order valence-electron chi connectivity index (χ1n) is 5.44. The molecule has 0 bridgehead atoms. The molecule has 0 spiro atoms. The maximum absolute atomic E-state index is 8.65. The molecule has 1 aliphatic carbocycles. The molecule has 0 aliphatic heterocycles. The Bertz CT molecular complexity index is 359. The predicted molar refractivity (Wildman–Crippen MR) is 59.6 cm³/mol. The minimum Gasteiger partial charge on any atom is -0.370 e. The average molecular weight is 201 g/mol. The molecule has 1 heterocycles. The zero-order chi connectivity index (χ0) is 10.7. The molecular weight excluding hydrogens is 186 g/mol. The van der Waals surface area contributed by atoms with Crippen LogP contribution in [0.1, 0.15) is 25.5 Å². The third kappa shape index (κ3) is 2.47. The molecule has 3 heteroatoms. The molecule has 78 valence electrons. The van der Waals surface area contributed by atoms with Gasteiger partial charge in [0.15, 0.2) is 0 Å². The van der Waals surface area contributed by atoms with Crippen molar-refractivity contribution in [1.29, 1.82) is 5.26 Å². The first-order chi connectivity index (χ1) is 7.33. The number of hydrogen-bond donors (Lipinski definition) is 0. The fraction of sp³-hybridized carbons (Fsp3) is 0.500. The van der Waals surface area contributed by atoms with Crippen molar-refractivity contribution in [3.63, 3.8) is 0 Å². The highest BCUT2D eigenvalue weighted by molar-refractivity contribution is 5.45. The number of aromatic nitrogens is 1. The van der Waals surface area contributed by atoms with Gasteiger partial charge in [-0.2, -0.15) is 5.26 Å². The number of nitrogens with zero attached hydrogens (tertiary/aromatic N) is 3. The van der Waals surface area contributed by atoms with Gasteiger partial charge in [0.05, 0.1) is 11.9 Å². The molecule has 3 nitrogen and oxygen atoms in total. The van der Waals surface area contributed by atoms with E-state index in [2.05, 4.69) is 16.8 Å². The number of nitriles is 1. The number of pyridine rings is 1. The zero-order valence-corrected chi connectivity index (χ0v) is 8.98. The van der Waals surface area contributed by atoms with E-state index in [0.717, 1.165) is 24.7 Å². The summed E-state index contributed by atoms with van der Waals surface area (Å²) in [5.74, 6) is 0.876. The lowest BCUT2D eigenvalue weighted by Crippen LogP contribution is -2.25. The maximum Gasteiger partial charge on any atom is 0.140 e. The first kappa shape index (κ1) is 9.97. The normalized spacial score (nSPS) is 14.7. The van der Waals surface area contributed by atoms with Crippen LogP contribution in [0.2, 0.25) is 0 Å². The molecule has 1 saturated carbocycles. The van der Waals surface area contributed by atoms with Gasteiger partial charge in [-0.15, -0.1) is 0 Å². The Morgan fingerprint density at radius 1 is 1.53 bits per heavy atom. The van der Waals surface area contributed by atoms with Crippen LogP contribution in [0.3, 0.4) is 0 Å². The van der Waals surface area contributed by atoms with Crippen molar-refractivity contribution >= 4 is 5.69 Å². The smallest absolute Gasteiger partial charge is 0.140 e. The third-order valence-corrected chi connectivity index (χ3v) is 2.78. The zero-order valence-electron chi connectivity index (χ0n) is 8.98. The summed E-state index contributed by atoms with van der Waals surface area (Å²) in [5.41, 5.74) is 1.62. The summed E-state index contributed by atoms with van der Waals surface area (Å²) in [5, 5.41) is 8.65. The van der Waals surface area contributed by atoms with Crippen molar-refractivity contribution in [3.8, 4) is 6.07 Å². The molecule has 2 rings (SSSR count). The van der Waals surface area contributed by atoms with Gasteiger partial charge in [0.2, 0.25) is 0 Å². The van der Waals surface area contributed by atoms with Gasteiger partial charge in [-0.3, -0.25) is 0 Å². The second-order valence-corrected chi connectivity index (χ2v) is 4.00. The topological polar surface area (TPSA) is 39.9 Å². The standard InChI is InChI=1S/C12H15N3/c1-2-15(9-10-3-4-10)12-6-5-11(7-13)14-8-12/h5-6,8,10H,2-4,9H2,1H3. The quantitative estimate of drug-likeness (QED) is 0.749. The number of hydrogen-bond acceptors (Lipinski definition) is 3. The second-order valence-electron chi connectivity index (χ2n) is 4.00. The second kappa shape index (κ2) is 4.31. The molecule has 0 aromatic carbocycles. The first-order valence-corrected chi connectivity index (χ1v) is 5.44. The van der Waals surface area contributed by atoms with Crippen LogP contribution in [-0.4, -0.2) is 18.1 Å². The molecular formula is C12H15N3. The number of anilines is 1. The van der Waals surface area contributed by atoms with Crippen LogP contribution in [0.15, 0.2) is 18.3 Å². The van der Waals surface area contributed by atoms with Gasteiger partial charge in [0.1, 0.15) is 11.8 Å². The summed E-state index contributed by atoms with van der Waals surface area (Å²) in [6, 6.07) is 5.80. The van der Waals surface area contributed by atoms with Crippen LogP contribution in [0.5, 0.6) is 0 Å². The van der Waals surface area contributed by atoms with Crippen molar-refractivity contribution < 1.29 is 0 Å². The summed E-state index contributed by atoms with van der Waals surface area (Å²) >= 11 is 0. The van der Waals surface area contributed by atoms with Gasteiger partial charge in [-0.05, 0) is 37.8 Å². The molecule has 1 fully saturated rings. The average Bonchev–Trinajstić information content (AvgIpc) is 3.10. The maximum atomic E-state index is 8.65. The molecule has 1 aromatic rings. The van der Waals surface area contributed by atoms with Gasteiger partial charge in [0.25, 0.3) is 0 Å². The summed E-state index contributed by atoms with van der Waals surface area (Å²) in [6.45, 7) is 4.29. The van der Waals surface area contributed by atoms with Crippen LogP contribution >= 0.6 is 0 Å². The van der Waals surface area contributed by atoms with Crippen LogP contribution in [0.25, 0.3) is 0 Å². The van der Waals surface area contributed by atoms with E-state index in [1.807, 2.05) is 12.1 Å². The predicted octanol–water partition coefficient (Wildman–Crippen LogP) is 2.19. The fourth-order valence-corrected chi connectivity index (χ4v) is 1.67. The van der Waals surface area contributed by atoms with Crippen molar-refractivity contribution in [2.24, 2.45) is 5.92 Å². The molecule has 0 radical (unpaired) electrons. The third-order valence-electron chi connectivity index (χ3n) is 2.78. The molecule has 15 heavy (non-hydrogen) atoms. The fourth-order valence-electron chi connectivity index (χ4n) is 1.67. The Hall–Kier alpha value is -1.56. The summed E-state index contributed by atoms with van der Waals surface area (Å²) in [6.07, 6.45) is 4.52. The highest BCUT2D eigenvalue weighted by atomic mass is 15.1. The van der Waals surface area contributed by atoms with Gasteiger partial charge >= 0.3 is 0 Å². The Balaban J connectivity index is 2.08. The minimum atomic E-state index is 0.487. The lowest BCUT2D eigenvalue weighted by Gasteiger charge is -2.22. The minimum absolute atomic E-state index is 0.487. The lowest BCUT2D eigenvalue weighted by molar-refractivity contribution is 0.740. The van der Waals surface area contributed by atoms with Gasteiger partial charge in [0, 0.05) is 13.1 Å². The summed E-state index contributed by atoms with van der Waals surface area (Å²) in [7, 11) is 0. The highest BCUT2D eigenvalue weighted by Gasteiger charge is 2.23. The van der Waals surface area contributed by atoms with E-state index in [4.69, 9.17) is 5.26 Å². The van der Waals surface area contributed by atoms with Gasteiger partial charge in [-0.1, -0.05) is 0 Å². The van der Waals surface area contributed by atoms with E-state index in [9.17, 15) is 0 Å². The Morgan fingerprint density at radius 3 is 2.80 bits per heavy atom. The van der Waals surface area contributed by atoms with Crippen LogP contribution in [0, 0.1) is 17.2 Å². The Kier molecular flexibility index (Phi) is 2.86. The monoisotopic (exact) mass is 201 g/mol. The Labute approximate surface area is 90.4 Å². The summed E-state index contributed by atoms with van der Waals surface area (Å²) < 4.78 is 0. The van der Waals surface area contributed by atoms with Crippen LogP contribution in [-0.2, 0) is 0 Å². The summed E-state index contributed by atoms with van der Waals surface area (Å²) in [4.78, 5) is 6.42. The van der Waals surface area contributed by atoms with E-state index >= 15 is 0 Å². The van der Waals surface area contributed by atoms with E-state index < -0.39 is 0 Å². The van der Waals surface area contributed by atoms with E-state index in [1.54, 1.807) is 12.3 Å². The van der Waals surface area contributed by atoms with Crippen molar-refractivity contribution in [3.05, 3.63) is 24.0 Å². The SMILES string of the molecule is CCN(CC1CC1)c1ccc(C#N)nc1. The molecule has 0 atom stereocenters. The molecule has 0 amide bonds. The highest BCUT2D eigenvalue weighted by Crippen LogP contribution is 2.31. The van der Waals surface area contributed by atoms with Gasteiger partial charge < -0.3 is 4.90 Å². The lowest BCUT2D eigenvalue weighted by atomic mass is 10.3. The molecule has 1 aromatic heterocycles. The van der Waals surface area contributed by atoms with Crippen LogP contribution in [0.4, 0.5) is 5.69 Å². The van der Waals surface area contributed by atoms with E-state index in [-0.39, 0.29) is 0 Å². The largest absolute Gasteiger partial charge is 0.370 e. The molecule has 1 aliphatic rings. The molecule has 0 unspecified atom stereocenters. The van der Waals surface area contributed by atoms with E-state index in [0.29, 0.717) is 5.69 Å². The van der Waals surface area contributed by atoms with Crippen molar-refractivity contribution in [2.75, 3.05) is 18.0 Å². The van der Waals surface area contributed by atoms with Crippen molar-refractivity contribution in [2.45, 2.75) is 19.8 Å². The molecule has 0 N–H and O–H groups in total. The Morgan fingerprint density at radius 2 is 2.33 bits per heavy atom. The number of rotatable bonds is 4.